The van der Waals surface area contributed by atoms with Crippen LogP contribution in [-0.2, 0) is 17.8 Å². The number of rotatable bonds is 9. The first kappa shape index (κ1) is 22.2. The second-order valence-corrected chi connectivity index (χ2v) is 7.81. The van der Waals surface area contributed by atoms with E-state index in [1.807, 2.05) is 23.6 Å². The molecule has 1 amide bonds. The number of hydrogen-bond acceptors (Lipinski definition) is 8. The summed E-state index contributed by atoms with van der Waals surface area (Å²) in [7, 11) is 3.19. The fourth-order valence-corrected chi connectivity index (χ4v) is 3.97. The first-order valence-electron chi connectivity index (χ1n) is 10.1. The molecule has 0 unspecified atom stereocenters. The Balaban J connectivity index is 1.33. The van der Waals surface area contributed by atoms with Crippen LogP contribution in [0.2, 0.25) is 0 Å². The summed E-state index contributed by atoms with van der Waals surface area (Å²) >= 11 is 1.52. The first-order chi connectivity index (χ1) is 16.1. The molecular formula is C22H22N6O4S. The molecule has 0 bridgehead atoms. The van der Waals surface area contributed by atoms with Gasteiger partial charge in [-0.1, -0.05) is 0 Å². The monoisotopic (exact) mass is 466 g/mol. The first-order valence-corrected chi connectivity index (χ1v) is 11.0. The molecule has 0 atom stereocenters. The van der Waals surface area contributed by atoms with Crippen molar-refractivity contribution < 1.29 is 14.3 Å². The van der Waals surface area contributed by atoms with Crippen LogP contribution in [0.1, 0.15) is 5.69 Å². The summed E-state index contributed by atoms with van der Waals surface area (Å²) < 4.78 is 13.3. The molecular weight excluding hydrogens is 444 g/mol. The van der Waals surface area contributed by atoms with E-state index in [0.29, 0.717) is 30.3 Å². The topological polar surface area (TPSA) is 113 Å². The van der Waals surface area contributed by atoms with Gasteiger partial charge < -0.3 is 14.8 Å². The van der Waals surface area contributed by atoms with Crippen molar-refractivity contribution in [3.8, 4) is 27.9 Å². The molecule has 33 heavy (non-hydrogen) atoms. The van der Waals surface area contributed by atoms with Gasteiger partial charge in [-0.05, 0) is 30.3 Å². The summed E-state index contributed by atoms with van der Waals surface area (Å²) in [6, 6.07) is 10.3. The summed E-state index contributed by atoms with van der Waals surface area (Å²) in [5, 5.41) is 13.9. The normalized spacial score (nSPS) is 10.7. The van der Waals surface area contributed by atoms with Crippen molar-refractivity contribution >= 4 is 17.2 Å². The Labute approximate surface area is 193 Å². The van der Waals surface area contributed by atoms with E-state index in [2.05, 4.69) is 20.5 Å². The molecule has 1 N–H and O–H groups in total. The SMILES string of the molecule is COc1ccc(-c2nc(CCNC(=O)Cn3nc(-n4cccn4)ccc3=O)cs2)cc1OC. The average molecular weight is 467 g/mol. The van der Waals surface area contributed by atoms with Gasteiger partial charge in [0.25, 0.3) is 5.56 Å². The molecule has 0 aliphatic rings. The summed E-state index contributed by atoms with van der Waals surface area (Å²) in [5.41, 5.74) is 1.43. The lowest BCUT2D eigenvalue weighted by Crippen LogP contribution is -2.34. The van der Waals surface area contributed by atoms with Crippen LogP contribution in [0.15, 0.2) is 59.0 Å². The second kappa shape index (κ2) is 10.1. The summed E-state index contributed by atoms with van der Waals surface area (Å²) in [6.45, 7) is 0.212. The minimum absolute atomic E-state index is 0.179. The predicted octanol–water partition coefficient (Wildman–Crippen LogP) is 1.93. The van der Waals surface area contributed by atoms with Gasteiger partial charge in [0, 0.05) is 42.4 Å². The van der Waals surface area contributed by atoms with Crippen molar-refractivity contribution in [2.24, 2.45) is 0 Å². The number of benzene rings is 1. The zero-order valence-electron chi connectivity index (χ0n) is 18.1. The van der Waals surface area contributed by atoms with E-state index in [0.717, 1.165) is 20.9 Å². The molecule has 3 aromatic heterocycles. The van der Waals surface area contributed by atoms with Crippen LogP contribution in [0.3, 0.4) is 0 Å². The van der Waals surface area contributed by atoms with Crippen molar-refractivity contribution in [3.63, 3.8) is 0 Å². The molecule has 170 valence electrons. The zero-order valence-corrected chi connectivity index (χ0v) is 18.9. The van der Waals surface area contributed by atoms with Gasteiger partial charge in [0.1, 0.15) is 11.6 Å². The highest BCUT2D eigenvalue weighted by atomic mass is 32.1. The molecule has 0 spiro atoms. The average Bonchev–Trinajstić information content (AvgIpc) is 3.53. The Hall–Kier alpha value is -3.99. The molecule has 3 heterocycles. The fraction of sp³-hybridized carbons (Fsp3) is 0.227. The lowest BCUT2D eigenvalue weighted by atomic mass is 10.2. The molecule has 0 saturated carbocycles. The van der Waals surface area contributed by atoms with Crippen LogP contribution >= 0.6 is 11.3 Å². The highest BCUT2D eigenvalue weighted by Gasteiger charge is 2.11. The fourth-order valence-electron chi connectivity index (χ4n) is 3.12. The Morgan fingerprint density at radius 2 is 2.00 bits per heavy atom. The quantitative estimate of drug-likeness (QED) is 0.401. The van der Waals surface area contributed by atoms with Crippen molar-refractivity contribution in [1.82, 2.24) is 29.9 Å². The lowest BCUT2D eigenvalue weighted by Gasteiger charge is -2.08. The summed E-state index contributed by atoms with van der Waals surface area (Å²) in [5.74, 6) is 1.44. The molecule has 0 radical (unpaired) electrons. The maximum atomic E-state index is 12.3. The maximum Gasteiger partial charge on any atom is 0.267 e. The number of ether oxygens (including phenoxy) is 2. The van der Waals surface area contributed by atoms with Crippen LogP contribution in [0.25, 0.3) is 16.4 Å². The zero-order chi connectivity index (χ0) is 23.2. The number of hydrogen-bond donors (Lipinski definition) is 1. The van der Waals surface area contributed by atoms with E-state index < -0.39 is 0 Å². The molecule has 4 rings (SSSR count). The van der Waals surface area contributed by atoms with E-state index in [1.165, 1.54) is 22.1 Å². The van der Waals surface area contributed by atoms with E-state index in [1.54, 1.807) is 38.7 Å². The minimum Gasteiger partial charge on any atom is -0.493 e. The molecule has 0 aliphatic heterocycles. The van der Waals surface area contributed by atoms with Gasteiger partial charge in [-0.2, -0.15) is 5.10 Å². The van der Waals surface area contributed by atoms with Gasteiger partial charge in [0.15, 0.2) is 17.3 Å². The van der Waals surface area contributed by atoms with E-state index in [-0.39, 0.29) is 18.0 Å². The van der Waals surface area contributed by atoms with E-state index in [4.69, 9.17) is 9.47 Å². The number of nitrogens with zero attached hydrogens (tertiary/aromatic N) is 5. The molecule has 0 saturated heterocycles. The highest BCUT2D eigenvalue weighted by molar-refractivity contribution is 7.13. The number of carbonyl (C=O) groups excluding carboxylic acids is 1. The van der Waals surface area contributed by atoms with Crippen LogP contribution in [-0.4, -0.2) is 51.2 Å². The van der Waals surface area contributed by atoms with Crippen LogP contribution in [0, 0.1) is 0 Å². The number of aromatic nitrogens is 5. The minimum atomic E-state index is -0.361. The Morgan fingerprint density at radius 3 is 2.76 bits per heavy atom. The summed E-state index contributed by atoms with van der Waals surface area (Å²) in [4.78, 5) is 29.0. The summed E-state index contributed by atoms with van der Waals surface area (Å²) in [6.07, 6.45) is 3.88. The van der Waals surface area contributed by atoms with Crippen LogP contribution in [0.4, 0.5) is 0 Å². The number of thiazole rings is 1. The predicted molar refractivity (Wildman–Crippen MR) is 123 cm³/mol. The van der Waals surface area contributed by atoms with Gasteiger partial charge in [-0.25, -0.2) is 14.3 Å². The van der Waals surface area contributed by atoms with Crippen molar-refractivity contribution in [3.05, 3.63) is 70.2 Å². The highest BCUT2D eigenvalue weighted by Crippen LogP contribution is 2.33. The molecule has 4 aromatic rings. The third-order valence-electron chi connectivity index (χ3n) is 4.77. The van der Waals surface area contributed by atoms with Crippen molar-refractivity contribution in [2.45, 2.75) is 13.0 Å². The van der Waals surface area contributed by atoms with Gasteiger partial charge in [-0.15, -0.1) is 16.4 Å². The smallest absolute Gasteiger partial charge is 0.267 e. The number of nitrogens with one attached hydrogen (secondary N) is 1. The number of carbonyl (C=O) groups is 1. The van der Waals surface area contributed by atoms with Gasteiger partial charge >= 0.3 is 0 Å². The van der Waals surface area contributed by atoms with Crippen molar-refractivity contribution in [2.75, 3.05) is 20.8 Å². The van der Waals surface area contributed by atoms with Gasteiger partial charge in [0.05, 0.1) is 19.9 Å². The standard InChI is InChI=1S/C22H22N6O4S/c1-31-17-5-4-15(12-18(17)32-2)22-25-16(14-33-22)8-10-23-20(29)13-28-21(30)7-6-19(26-28)27-11-3-9-24-27/h3-7,9,11-12,14H,8,10,13H2,1-2H3,(H,23,29). The van der Waals surface area contributed by atoms with Gasteiger partial charge in [0.2, 0.25) is 5.91 Å². The lowest BCUT2D eigenvalue weighted by molar-refractivity contribution is -0.121. The van der Waals surface area contributed by atoms with E-state index in [9.17, 15) is 9.59 Å². The number of methoxy groups -OCH3 is 2. The Morgan fingerprint density at radius 1 is 1.15 bits per heavy atom. The Kier molecular flexibility index (Phi) is 6.79. The third-order valence-corrected chi connectivity index (χ3v) is 5.71. The third kappa shape index (κ3) is 5.26. The largest absolute Gasteiger partial charge is 0.493 e. The molecule has 10 nitrogen and oxygen atoms in total. The number of amides is 1. The molecule has 1 aromatic carbocycles. The van der Waals surface area contributed by atoms with Crippen LogP contribution in [0.5, 0.6) is 11.5 Å². The molecule has 11 heteroatoms. The van der Waals surface area contributed by atoms with Crippen LogP contribution < -0.4 is 20.3 Å². The Bertz CT molecular complexity index is 1300. The maximum absolute atomic E-state index is 12.3. The molecule has 0 aliphatic carbocycles. The van der Waals surface area contributed by atoms with Gasteiger partial charge in [-0.3, -0.25) is 9.59 Å². The molecule has 0 fully saturated rings. The second-order valence-electron chi connectivity index (χ2n) is 6.95. The van der Waals surface area contributed by atoms with Crippen molar-refractivity contribution in [1.29, 1.82) is 0 Å². The van der Waals surface area contributed by atoms with E-state index >= 15 is 0 Å².